The van der Waals surface area contributed by atoms with E-state index in [0.29, 0.717) is 25.2 Å². The maximum Gasteiger partial charge on any atom is 0.454 e. The first-order chi connectivity index (χ1) is 11.9. The van der Waals surface area contributed by atoms with E-state index >= 15 is 0 Å². The van der Waals surface area contributed by atoms with Gasteiger partial charge < -0.3 is 4.90 Å². The molecule has 1 aliphatic carbocycles. The summed E-state index contributed by atoms with van der Waals surface area (Å²) in [5.41, 5.74) is 2.20. The smallest absolute Gasteiger partial charge is 0.371 e. The van der Waals surface area contributed by atoms with Gasteiger partial charge in [0.05, 0.1) is 0 Å². The van der Waals surface area contributed by atoms with E-state index in [2.05, 4.69) is 15.9 Å². The summed E-state index contributed by atoms with van der Waals surface area (Å²) in [5, 5.41) is 0. The third-order valence-electron chi connectivity index (χ3n) is 4.65. The molecule has 0 atom stereocenters. The standard InChI is InChI=1S/C19H19BrF3NO/c20-15-7-4-13(5-8-15)12-14-6-9-16(18(25)19(21,22)23)17(14)24-10-2-1-3-11-24/h4-5,7-8,12H,1-3,6,9-11H2/b14-12+. The molecule has 0 unspecified atom stereocenters. The van der Waals surface area contributed by atoms with Crippen LogP contribution in [0.3, 0.4) is 0 Å². The Kier molecular flexibility index (Phi) is 5.37. The number of nitrogens with zero attached hydrogens (tertiary/aromatic N) is 1. The molecule has 6 heteroatoms. The summed E-state index contributed by atoms with van der Waals surface area (Å²) in [5.74, 6) is -1.69. The number of hydrogen-bond donors (Lipinski definition) is 0. The monoisotopic (exact) mass is 413 g/mol. The quantitative estimate of drug-likeness (QED) is 0.651. The minimum absolute atomic E-state index is 0.0715. The van der Waals surface area contributed by atoms with Gasteiger partial charge in [-0.2, -0.15) is 13.2 Å². The molecule has 2 nitrogen and oxygen atoms in total. The van der Waals surface area contributed by atoms with Crippen LogP contribution in [-0.4, -0.2) is 29.9 Å². The molecule has 0 amide bonds. The third kappa shape index (κ3) is 4.17. The highest BCUT2D eigenvalue weighted by Crippen LogP contribution is 2.39. The van der Waals surface area contributed by atoms with E-state index in [-0.39, 0.29) is 12.0 Å². The van der Waals surface area contributed by atoms with Crippen LogP contribution in [0.2, 0.25) is 0 Å². The molecule has 0 spiro atoms. The Morgan fingerprint density at radius 2 is 1.68 bits per heavy atom. The van der Waals surface area contributed by atoms with Crippen molar-refractivity contribution in [3.8, 4) is 0 Å². The number of benzene rings is 1. The molecule has 1 aromatic carbocycles. The first kappa shape index (κ1) is 18.2. The fourth-order valence-electron chi connectivity index (χ4n) is 3.49. The van der Waals surface area contributed by atoms with Gasteiger partial charge in [0.2, 0.25) is 0 Å². The average molecular weight is 414 g/mol. The van der Waals surface area contributed by atoms with Gasteiger partial charge in [-0.25, -0.2) is 0 Å². The molecule has 2 aliphatic rings. The second kappa shape index (κ2) is 7.36. The van der Waals surface area contributed by atoms with Crippen molar-refractivity contribution in [1.29, 1.82) is 0 Å². The largest absolute Gasteiger partial charge is 0.454 e. The minimum atomic E-state index is -4.82. The highest BCUT2D eigenvalue weighted by Gasteiger charge is 2.44. The maximum absolute atomic E-state index is 13.0. The zero-order valence-electron chi connectivity index (χ0n) is 13.7. The van der Waals surface area contributed by atoms with Crippen LogP contribution in [0.25, 0.3) is 6.08 Å². The van der Waals surface area contributed by atoms with Crippen LogP contribution in [0.4, 0.5) is 13.2 Å². The van der Waals surface area contributed by atoms with Crippen LogP contribution < -0.4 is 0 Å². The molecule has 0 saturated carbocycles. The Hall–Kier alpha value is -1.56. The fourth-order valence-corrected chi connectivity index (χ4v) is 3.76. The first-order valence-electron chi connectivity index (χ1n) is 8.42. The Morgan fingerprint density at radius 1 is 1.04 bits per heavy atom. The molecule has 1 heterocycles. The van der Waals surface area contributed by atoms with Crippen LogP contribution in [0.5, 0.6) is 0 Å². The summed E-state index contributed by atoms with van der Waals surface area (Å²) < 4.78 is 40.0. The normalized spacial score (nSPS) is 20.5. The van der Waals surface area contributed by atoms with Gasteiger partial charge in [0.15, 0.2) is 0 Å². The number of likely N-dealkylation sites (tertiary alicyclic amines) is 1. The summed E-state index contributed by atoms with van der Waals surface area (Å²) in [6.45, 7) is 1.42. The number of halogens is 4. The number of carbonyl (C=O) groups excluding carboxylic acids is 1. The van der Waals surface area contributed by atoms with E-state index in [4.69, 9.17) is 0 Å². The molecule has 1 aromatic rings. The Labute approximate surface area is 153 Å². The lowest BCUT2D eigenvalue weighted by atomic mass is 10.0. The summed E-state index contributed by atoms with van der Waals surface area (Å²) in [7, 11) is 0. The molecule has 134 valence electrons. The van der Waals surface area contributed by atoms with Crippen molar-refractivity contribution < 1.29 is 18.0 Å². The van der Waals surface area contributed by atoms with Crippen molar-refractivity contribution in [2.45, 2.75) is 38.3 Å². The number of alkyl halides is 3. The highest BCUT2D eigenvalue weighted by molar-refractivity contribution is 9.10. The van der Waals surface area contributed by atoms with Crippen molar-refractivity contribution in [3.63, 3.8) is 0 Å². The number of rotatable bonds is 3. The number of allylic oxidation sites excluding steroid dienone is 2. The molecule has 0 bridgehead atoms. The molecule has 0 radical (unpaired) electrons. The number of Topliss-reactive ketones (excluding diaryl/α,β-unsaturated/α-hetero) is 1. The van der Waals surface area contributed by atoms with Gasteiger partial charge in [-0.05, 0) is 61.4 Å². The van der Waals surface area contributed by atoms with Gasteiger partial charge in [0, 0.05) is 28.8 Å². The zero-order chi connectivity index (χ0) is 18.0. The van der Waals surface area contributed by atoms with Crippen LogP contribution in [0, 0.1) is 0 Å². The minimum Gasteiger partial charge on any atom is -0.371 e. The predicted octanol–water partition coefficient (Wildman–Crippen LogP) is 5.50. The lowest BCUT2D eigenvalue weighted by Gasteiger charge is -2.31. The van der Waals surface area contributed by atoms with E-state index in [1.165, 1.54) is 0 Å². The third-order valence-corrected chi connectivity index (χ3v) is 5.18. The molecule has 25 heavy (non-hydrogen) atoms. The fraction of sp³-hybridized carbons (Fsp3) is 0.421. The van der Waals surface area contributed by atoms with Crippen molar-refractivity contribution in [2.75, 3.05) is 13.1 Å². The van der Waals surface area contributed by atoms with Crippen LogP contribution in [0.15, 0.2) is 45.6 Å². The topological polar surface area (TPSA) is 20.3 Å². The van der Waals surface area contributed by atoms with Crippen LogP contribution in [-0.2, 0) is 4.79 Å². The van der Waals surface area contributed by atoms with Crippen molar-refractivity contribution in [3.05, 3.63) is 51.1 Å². The predicted molar refractivity (Wildman–Crippen MR) is 94.9 cm³/mol. The van der Waals surface area contributed by atoms with Gasteiger partial charge in [-0.1, -0.05) is 28.1 Å². The van der Waals surface area contributed by atoms with Crippen molar-refractivity contribution in [2.24, 2.45) is 0 Å². The van der Waals surface area contributed by atoms with E-state index in [0.717, 1.165) is 34.9 Å². The number of carbonyl (C=O) groups is 1. The molecule has 0 N–H and O–H groups in total. The van der Waals surface area contributed by atoms with Crippen molar-refractivity contribution in [1.82, 2.24) is 4.90 Å². The summed E-state index contributed by atoms with van der Waals surface area (Å²) >= 11 is 3.38. The first-order valence-corrected chi connectivity index (χ1v) is 9.21. The molecule has 1 fully saturated rings. The Morgan fingerprint density at radius 3 is 2.28 bits per heavy atom. The lowest BCUT2D eigenvalue weighted by Crippen LogP contribution is -2.32. The Balaban J connectivity index is 2.01. The summed E-state index contributed by atoms with van der Waals surface area (Å²) in [6, 6.07) is 7.61. The Bertz CT molecular complexity index is 713. The SMILES string of the molecule is O=C(C1=C(N2CCCCC2)/C(=C/c2ccc(Br)cc2)CC1)C(F)(F)F. The van der Waals surface area contributed by atoms with E-state index < -0.39 is 12.0 Å². The molecule has 3 rings (SSSR count). The second-order valence-electron chi connectivity index (χ2n) is 6.42. The van der Waals surface area contributed by atoms with Gasteiger partial charge in [0.1, 0.15) is 0 Å². The summed E-state index contributed by atoms with van der Waals surface area (Å²) in [4.78, 5) is 13.9. The molecular weight excluding hydrogens is 395 g/mol. The van der Waals surface area contributed by atoms with Gasteiger partial charge in [-0.15, -0.1) is 0 Å². The summed E-state index contributed by atoms with van der Waals surface area (Å²) in [6.07, 6.45) is 0.700. The van der Waals surface area contributed by atoms with Gasteiger partial charge in [0.25, 0.3) is 5.78 Å². The number of hydrogen-bond acceptors (Lipinski definition) is 2. The van der Waals surface area contributed by atoms with Crippen molar-refractivity contribution >= 4 is 27.8 Å². The van der Waals surface area contributed by atoms with E-state index in [1.807, 2.05) is 35.2 Å². The average Bonchev–Trinajstić information content (AvgIpc) is 2.99. The highest BCUT2D eigenvalue weighted by atomic mass is 79.9. The molecular formula is C19H19BrF3NO. The van der Waals surface area contributed by atoms with Crippen LogP contribution in [0.1, 0.15) is 37.7 Å². The van der Waals surface area contributed by atoms with Gasteiger partial charge in [-0.3, -0.25) is 4.79 Å². The van der Waals surface area contributed by atoms with E-state index in [9.17, 15) is 18.0 Å². The van der Waals surface area contributed by atoms with Gasteiger partial charge >= 0.3 is 6.18 Å². The zero-order valence-corrected chi connectivity index (χ0v) is 15.3. The molecule has 1 saturated heterocycles. The lowest BCUT2D eigenvalue weighted by molar-refractivity contribution is -0.166. The maximum atomic E-state index is 13.0. The molecule has 1 aliphatic heterocycles. The molecule has 0 aromatic heterocycles. The second-order valence-corrected chi connectivity index (χ2v) is 7.34. The van der Waals surface area contributed by atoms with Crippen LogP contribution >= 0.6 is 15.9 Å². The number of ketones is 1. The van der Waals surface area contributed by atoms with E-state index in [1.54, 1.807) is 0 Å². The number of piperidine rings is 1.